The van der Waals surface area contributed by atoms with Crippen molar-refractivity contribution in [3.05, 3.63) is 68.1 Å². The van der Waals surface area contributed by atoms with Gasteiger partial charge >= 0.3 is 0 Å². The van der Waals surface area contributed by atoms with Gasteiger partial charge in [0.2, 0.25) is 0 Å². The van der Waals surface area contributed by atoms with E-state index in [4.69, 9.17) is 0 Å². The Hall–Kier alpha value is -1.79. The maximum absolute atomic E-state index is 12.2. The Kier molecular flexibility index (Phi) is 3.41. The molecule has 0 saturated heterocycles. The van der Waals surface area contributed by atoms with Crippen LogP contribution in [0.5, 0.6) is 0 Å². The average Bonchev–Trinajstić information content (AvgIpc) is 3.30. The van der Waals surface area contributed by atoms with Gasteiger partial charge in [-0.3, -0.25) is 4.79 Å². The van der Waals surface area contributed by atoms with Crippen molar-refractivity contribution in [3.8, 4) is 20.9 Å². The van der Waals surface area contributed by atoms with Gasteiger partial charge in [-0.05, 0) is 12.1 Å². The molecule has 0 radical (unpaired) electrons. The van der Waals surface area contributed by atoms with Crippen molar-refractivity contribution in [1.29, 1.82) is 0 Å². The zero-order valence-electron chi connectivity index (χ0n) is 12.3. The van der Waals surface area contributed by atoms with Crippen molar-refractivity contribution in [1.82, 2.24) is 0 Å². The lowest BCUT2D eigenvalue weighted by molar-refractivity contribution is 1.83. The second-order valence-electron chi connectivity index (χ2n) is 5.40. The van der Waals surface area contributed by atoms with Crippen LogP contribution in [0.2, 0.25) is 0 Å². The van der Waals surface area contributed by atoms with Crippen LogP contribution in [-0.2, 0) is 0 Å². The van der Waals surface area contributed by atoms with E-state index in [2.05, 4.69) is 59.3 Å². The van der Waals surface area contributed by atoms with Crippen molar-refractivity contribution in [2.45, 2.75) is 0 Å². The van der Waals surface area contributed by atoms with Gasteiger partial charge < -0.3 is 0 Å². The summed E-state index contributed by atoms with van der Waals surface area (Å²) >= 11 is 6.21. The molecule has 5 aromatic rings. The van der Waals surface area contributed by atoms with E-state index in [0.29, 0.717) is 0 Å². The van der Waals surface area contributed by atoms with E-state index < -0.39 is 0 Å². The second kappa shape index (κ2) is 5.63. The molecular weight excluding hydrogens is 372 g/mol. The summed E-state index contributed by atoms with van der Waals surface area (Å²) in [4.78, 5) is 14.4. The lowest BCUT2D eigenvalue weighted by Crippen LogP contribution is -1.75. The lowest BCUT2D eigenvalue weighted by atomic mass is 10.1. The third-order valence-corrected chi connectivity index (χ3v) is 8.17. The highest BCUT2D eigenvalue weighted by atomic mass is 32.2. The van der Waals surface area contributed by atoms with E-state index >= 15 is 0 Å². The van der Waals surface area contributed by atoms with Gasteiger partial charge in [-0.15, -0.1) is 22.7 Å². The van der Waals surface area contributed by atoms with Crippen LogP contribution in [0.1, 0.15) is 0 Å². The molecule has 0 N–H and O–H groups in total. The summed E-state index contributed by atoms with van der Waals surface area (Å²) in [6.07, 6.45) is 0. The molecule has 2 aromatic carbocycles. The molecule has 5 rings (SSSR count). The molecule has 0 amide bonds. The third kappa shape index (κ3) is 2.20. The number of rotatable bonds is 2. The molecule has 3 heterocycles. The quantitative estimate of drug-likeness (QED) is 0.323. The van der Waals surface area contributed by atoms with E-state index in [-0.39, 0.29) is 4.06 Å². The second-order valence-corrected chi connectivity index (χ2v) is 9.45. The van der Waals surface area contributed by atoms with Crippen molar-refractivity contribution >= 4 is 65.5 Å². The predicted octanol–water partition coefficient (Wildman–Crippen LogP) is 6.93. The zero-order chi connectivity index (χ0) is 16.1. The molecule has 0 unspecified atom stereocenters. The SMILES string of the molecule is O=c1sc(-c2csc3ccccc23)c(-c2csc3ccccc23)s1. The molecule has 5 heteroatoms. The molecular formula is C19H10OS4. The molecule has 0 aliphatic heterocycles. The molecule has 0 fully saturated rings. The molecule has 0 aliphatic rings. The number of benzene rings is 2. The van der Waals surface area contributed by atoms with Crippen LogP contribution in [-0.4, -0.2) is 0 Å². The van der Waals surface area contributed by atoms with Crippen molar-refractivity contribution in [2.24, 2.45) is 0 Å². The standard InChI is InChI=1S/C19H10OS4/c20-19-23-17(13-9-21-15-7-3-1-5-11(13)15)18(24-19)14-10-22-16-8-4-2-6-12(14)16/h1-10H. The van der Waals surface area contributed by atoms with Gasteiger partial charge in [-0.25, -0.2) is 0 Å². The first-order valence-electron chi connectivity index (χ1n) is 7.38. The fraction of sp³-hybridized carbons (Fsp3) is 0. The molecule has 0 bridgehead atoms. The van der Waals surface area contributed by atoms with Crippen LogP contribution >= 0.6 is 45.3 Å². The predicted molar refractivity (Wildman–Crippen MR) is 110 cm³/mol. The van der Waals surface area contributed by atoms with Crippen molar-refractivity contribution < 1.29 is 0 Å². The van der Waals surface area contributed by atoms with E-state index in [1.165, 1.54) is 54.0 Å². The minimum absolute atomic E-state index is 0.158. The number of hydrogen-bond acceptors (Lipinski definition) is 5. The Balaban J connectivity index is 1.82. The summed E-state index contributed by atoms with van der Waals surface area (Å²) in [5, 5.41) is 6.83. The summed E-state index contributed by atoms with van der Waals surface area (Å²) in [5.41, 5.74) is 2.37. The number of fused-ring (bicyclic) bond motifs is 2. The Morgan fingerprint density at radius 1 is 0.625 bits per heavy atom. The Bertz CT molecular complexity index is 1140. The van der Waals surface area contributed by atoms with Crippen molar-refractivity contribution in [3.63, 3.8) is 0 Å². The maximum Gasteiger partial charge on any atom is 0.288 e. The highest BCUT2D eigenvalue weighted by Crippen LogP contribution is 2.45. The molecule has 24 heavy (non-hydrogen) atoms. The fourth-order valence-electron chi connectivity index (χ4n) is 2.94. The first kappa shape index (κ1) is 14.5. The number of thiophene rings is 2. The van der Waals surface area contributed by atoms with Crippen molar-refractivity contribution in [2.75, 3.05) is 0 Å². The van der Waals surface area contributed by atoms with Crippen LogP contribution in [0.4, 0.5) is 0 Å². The van der Waals surface area contributed by atoms with Gasteiger partial charge in [0, 0.05) is 42.1 Å². The Morgan fingerprint density at radius 2 is 1.08 bits per heavy atom. The number of hydrogen-bond donors (Lipinski definition) is 0. The van der Waals surface area contributed by atoms with Crippen LogP contribution in [0.3, 0.4) is 0 Å². The van der Waals surface area contributed by atoms with Gasteiger partial charge in [0.15, 0.2) is 0 Å². The highest BCUT2D eigenvalue weighted by molar-refractivity contribution is 7.32. The molecule has 1 nitrogen and oxygen atoms in total. The van der Waals surface area contributed by atoms with Gasteiger partial charge in [0.1, 0.15) is 0 Å². The van der Waals surface area contributed by atoms with Gasteiger partial charge in [0.05, 0.1) is 9.75 Å². The average molecular weight is 383 g/mol. The minimum atomic E-state index is 0.158. The lowest BCUT2D eigenvalue weighted by Gasteiger charge is -2.01. The summed E-state index contributed by atoms with van der Waals surface area (Å²) < 4.78 is 2.68. The van der Waals surface area contributed by atoms with Gasteiger partial charge in [-0.2, -0.15) is 0 Å². The van der Waals surface area contributed by atoms with E-state index in [9.17, 15) is 4.79 Å². The summed E-state index contributed by atoms with van der Waals surface area (Å²) in [6.45, 7) is 0. The van der Waals surface area contributed by atoms with Crippen LogP contribution in [0.15, 0.2) is 64.1 Å². The molecule has 0 aliphatic carbocycles. The monoisotopic (exact) mass is 382 g/mol. The van der Waals surface area contributed by atoms with Crippen LogP contribution in [0, 0.1) is 0 Å². The Labute approximate surface area is 154 Å². The minimum Gasteiger partial charge on any atom is -0.265 e. The van der Waals surface area contributed by atoms with E-state index in [1.54, 1.807) is 22.7 Å². The smallest absolute Gasteiger partial charge is 0.265 e. The van der Waals surface area contributed by atoms with E-state index in [0.717, 1.165) is 9.75 Å². The summed E-state index contributed by atoms with van der Waals surface area (Å²) in [6, 6.07) is 16.8. The third-order valence-electron chi connectivity index (χ3n) is 4.03. The Morgan fingerprint density at radius 3 is 1.58 bits per heavy atom. The summed E-state index contributed by atoms with van der Waals surface area (Å²) in [7, 11) is 0. The molecule has 116 valence electrons. The van der Waals surface area contributed by atoms with Gasteiger partial charge in [0.25, 0.3) is 4.06 Å². The molecule has 0 atom stereocenters. The fourth-order valence-corrected chi connectivity index (χ4v) is 7.21. The molecule has 3 aromatic heterocycles. The zero-order valence-corrected chi connectivity index (χ0v) is 15.6. The van der Waals surface area contributed by atoms with E-state index in [1.807, 2.05) is 0 Å². The summed E-state index contributed by atoms with van der Waals surface area (Å²) in [5.74, 6) is 0. The first-order chi connectivity index (χ1) is 11.8. The topological polar surface area (TPSA) is 17.1 Å². The maximum atomic E-state index is 12.2. The van der Waals surface area contributed by atoms with Crippen LogP contribution in [0.25, 0.3) is 41.1 Å². The molecule has 0 spiro atoms. The molecule has 0 saturated carbocycles. The largest absolute Gasteiger partial charge is 0.288 e. The normalized spacial score (nSPS) is 11.5. The highest BCUT2D eigenvalue weighted by Gasteiger charge is 2.18. The van der Waals surface area contributed by atoms with Crippen LogP contribution < -0.4 is 4.06 Å². The first-order valence-corrected chi connectivity index (χ1v) is 10.8. The van der Waals surface area contributed by atoms with Gasteiger partial charge in [-0.1, -0.05) is 59.1 Å².